The van der Waals surface area contributed by atoms with Gasteiger partial charge in [-0.25, -0.2) is 8.78 Å². The summed E-state index contributed by atoms with van der Waals surface area (Å²) < 4.78 is 26.1. The zero-order valence-corrected chi connectivity index (χ0v) is 8.24. The van der Waals surface area contributed by atoms with Gasteiger partial charge in [0.25, 0.3) is 0 Å². The van der Waals surface area contributed by atoms with Crippen LogP contribution >= 0.6 is 0 Å². The predicted molar refractivity (Wildman–Crippen MR) is 57.5 cm³/mol. The van der Waals surface area contributed by atoms with E-state index < -0.39 is 11.6 Å². The summed E-state index contributed by atoms with van der Waals surface area (Å²) >= 11 is 0. The Morgan fingerprint density at radius 1 is 1.12 bits per heavy atom. The van der Waals surface area contributed by atoms with Crippen molar-refractivity contribution in [3.63, 3.8) is 0 Å². The van der Waals surface area contributed by atoms with Crippen molar-refractivity contribution in [1.29, 1.82) is 0 Å². The Hall–Kier alpha value is -2.21. The molecule has 0 bridgehead atoms. The van der Waals surface area contributed by atoms with E-state index in [0.717, 1.165) is 6.07 Å². The number of hydrogen-bond donors (Lipinski definition) is 0. The molecule has 0 aliphatic carbocycles. The summed E-state index contributed by atoms with van der Waals surface area (Å²) in [6.45, 7) is 0. The third-order valence-corrected chi connectivity index (χ3v) is 2.15. The van der Waals surface area contributed by atoms with Crippen LogP contribution in [0.15, 0.2) is 36.7 Å². The maximum Gasteiger partial charge on any atom is 0.126 e. The normalized spacial score (nSPS) is 9.81. The van der Waals surface area contributed by atoms with Crippen molar-refractivity contribution in [2.24, 2.45) is 0 Å². The van der Waals surface area contributed by atoms with Crippen LogP contribution in [0.3, 0.4) is 0 Å². The highest BCUT2D eigenvalue weighted by atomic mass is 19.1. The Kier molecular flexibility index (Phi) is 2.65. The van der Waals surface area contributed by atoms with Crippen molar-refractivity contribution in [2.75, 3.05) is 0 Å². The van der Waals surface area contributed by atoms with Crippen LogP contribution in [0.4, 0.5) is 8.78 Å². The van der Waals surface area contributed by atoms with Gasteiger partial charge in [-0.2, -0.15) is 0 Å². The van der Waals surface area contributed by atoms with Crippen LogP contribution in [0.5, 0.6) is 0 Å². The van der Waals surface area contributed by atoms with Crippen LogP contribution in [0.2, 0.25) is 0 Å². The highest BCUT2D eigenvalue weighted by Gasteiger charge is 2.06. The lowest BCUT2D eigenvalue weighted by Crippen LogP contribution is -1.88. The minimum atomic E-state index is -0.637. The van der Waals surface area contributed by atoms with Gasteiger partial charge in [0.05, 0.1) is 0 Å². The summed E-state index contributed by atoms with van der Waals surface area (Å²) in [5, 5.41) is 0. The second kappa shape index (κ2) is 4.11. The number of pyridine rings is 1. The molecule has 0 N–H and O–H groups in total. The molecule has 0 aliphatic heterocycles. The fourth-order valence-corrected chi connectivity index (χ4v) is 1.46. The lowest BCUT2D eigenvalue weighted by atomic mass is 10.0. The first-order chi connectivity index (χ1) is 7.70. The van der Waals surface area contributed by atoms with Crippen molar-refractivity contribution in [3.8, 4) is 23.5 Å². The summed E-state index contributed by atoms with van der Waals surface area (Å²) in [4.78, 5) is 3.89. The predicted octanol–water partition coefficient (Wildman–Crippen LogP) is 3.01. The van der Waals surface area contributed by atoms with Gasteiger partial charge in [-0.05, 0) is 23.8 Å². The molecule has 0 atom stereocenters. The smallest absolute Gasteiger partial charge is 0.126 e. The maximum atomic E-state index is 13.0. The highest BCUT2D eigenvalue weighted by Crippen LogP contribution is 2.23. The van der Waals surface area contributed by atoms with Crippen molar-refractivity contribution in [1.82, 2.24) is 4.98 Å². The Morgan fingerprint density at radius 3 is 2.44 bits per heavy atom. The monoisotopic (exact) mass is 215 g/mol. The van der Waals surface area contributed by atoms with Gasteiger partial charge in [-0.15, -0.1) is 6.42 Å². The molecule has 1 aromatic carbocycles. The van der Waals surface area contributed by atoms with Crippen molar-refractivity contribution in [3.05, 3.63) is 53.9 Å². The van der Waals surface area contributed by atoms with E-state index in [4.69, 9.17) is 6.42 Å². The molecule has 0 unspecified atom stereocenters. The van der Waals surface area contributed by atoms with E-state index in [1.54, 1.807) is 6.07 Å². The van der Waals surface area contributed by atoms with Gasteiger partial charge >= 0.3 is 0 Å². The van der Waals surface area contributed by atoms with Gasteiger partial charge in [0.2, 0.25) is 0 Å². The van der Waals surface area contributed by atoms with E-state index in [2.05, 4.69) is 10.9 Å². The molecular formula is C13H7F2N. The maximum absolute atomic E-state index is 13.0. The molecule has 0 aliphatic rings. The zero-order valence-electron chi connectivity index (χ0n) is 8.24. The first kappa shape index (κ1) is 10.3. The third-order valence-electron chi connectivity index (χ3n) is 2.15. The number of hydrogen-bond acceptors (Lipinski definition) is 1. The molecular weight excluding hydrogens is 208 g/mol. The quantitative estimate of drug-likeness (QED) is 0.666. The lowest BCUT2D eigenvalue weighted by molar-refractivity contribution is 0.584. The Labute approximate surface area is 91.8 Å². The average molecular weight is 215 g/mol. The number of aromatic nitrogens is 1. The molecule has 16 heavy (non-hydrogen) atoms. The van der Waals surface area contributed by atoms with Gasteiger partial charge in [-0.3, -0.25) is 4.98 Å². The number of halogens is 2. The van der Waals surface area contributed by atoms with Gasteiger partial charge in [-0.1, -0.05) is 5.92 Å². The summed E-state index contributed by atoms with van der Waals surface area (Å²) in [6, 6.07) is 4.88. The second-order valence-corrected chi connectivity index (χ2v) is 3.22. The van der Waals surface area contributed by atoms with Crippen molar-refractivity contribution >= 4 is 0 Å². The van der Waals surface area contributed by atoms with Gasteiger partial charge in [0.15, 0.2) is 0 Å². The SMILES string of the molecule is C#Cc1ccncc1-c1cc(F)cc(F)c1. The van der Waals surface area contributed by atoms with Crippen LogP contribution in [0, 0.1) is 24.0 Å². The molecule has 0 radical (unpaired) electrons. The summed E-state index contributed by atoms with van der Waals surface area (Å²) in [5.41, 5.74) is 1.49. The van der Waals surface area contributed by atoms with Crippen molar-refractivity contribution < 1.29 is 8.78 Å². The van der Waals surface area contributed by atoms with Crippen LogP contribution < -0.4 is 0 Å². The van der Waals surface area contributed by atoms with Gasteiger partial charge in [0, 0.05) is 29.6 Å². The fourth-order valence-electron chi connectivity index (χ4n) is 1.46. The van der Waals surface area contributed by atoms with Crippen LogP contribution in [-0.4, -0.2) is 4.98 Å². The molecule has 2 rings (SSSR count). The molecule has 0 fully saturated rings. The standard InChI is InChI=1S/C13H7F2N/c1-2-9-3-4-16-8-13(9)10-5-11(14)7-12(15)6-10/h1,3-8H. The lowest BCUT2D eigenvalue weighted by Gasteiger charge is -2.04. The molecule has 3 heteroatoms. The summed E-state index contributed by atoms with van der Waals surface area (Å²) in [6.07, 6.45) is 8.32. The highest BCUT2D eigenvalue weighted by molar-refractivity contribution is 5.69. The van der Waals surface area contributed by atoms with E-state index in [1.807, 2.05) is 0 Å². The van der Waals surface area contributed by atoms with Crippen LogP contribution in [-0.2, 0) is 0 Å². The van der Waals surface area contributed by atoms with E-state index in [0.29, 0.717) is 16.7 Å². The van der Waals surface area contributed by atoms with Crippen molar-refractivity contribution in [2.45, 2.75) is 0 Å². The zero-order chi connectivity index (χ0) is 11.5. The first-order valence-corrected chi connectivity index (χ1v) is 4.58. The Balaban J connectivity index is 2.63. The number of terminal acetylenes is 1. The van der Waals surface area contributed by atoms with E-state index >= 15 is 0 Å². The molecule has 0 spiro atoms. The molecule has 1 nitrogen and oxygen atoms in total. The average Bonchev–Trinajstić information content (AvgIpc) is 2.27. The molecule has 0 amide bonds. The van der Waals surface area contributed by atoms with Crippen LogP contribution in [0.25, 0.3) is 11.1 Å². The topological polar surface area (TPSA) is 12.9 Å². The Morgan fingerprint density at radius 2 is 1.81 bits per heavy atom. The molecule has 0 saturated heterocycles. The summed E-state index contributed by atoms with van der Waals surface area (Å²) in [5.74, 6) is 1.17. The second-order valence-electron chi connectivity index (χ2n) is 3.22. The van der Waals surface area contributed by atoms with E-state index in [1.165, 1.54) is 24.5 Å². The van der Waals surface area contributed by atoms with Gasteiger partial charge < -0.3 is 0 Å². The number of rotatable bonds is 1. The molecule has 1 heterocycles. The van der Waals surface area contributed by atoms with Crippen LogP contribution in [0.1, 0.15) is 5.56 Å². The number of nitrogens with zero attached hydrogens (tertiary/aromatic N) is 1. The Bertz CT molecular complexity index is 550. The minimum absolute atomic E-state index is 0.388. The molecule has 1 aromatic heterocycles. The number of benzene rings is 1. The molecule has 78 valence electrons. The third kappa shape index (κ3) is 1.91. The fraction of sp³-hybridized carbons (Fsp3) is 0. The first-order valence-electron chi connectivity index (χ1n) is 4.58. The largest absolute Gasteiger partial charge is 0.264 e. The molecule has 2 aromatic rings. The molecule has 0 saturated carbocycles. The van der Waals surface area contributed by atoms with E-state index in [-0.39, 0.29) is 0 Å². The van der Waals surface area contributed by atoms with E-state index in [9.17, 15) is 8.78 Å². The van der Waals surface area contributed by atoms with Gasteiger partial charge in [0.1, 0.15) is 11.6 Å². The minimum Gasteiger partial charge on any atom is -0.264 e. The summed E-state index contributed by atoms with van der Waals surface area (Å²) in [7, 11) is 0.